The average molecular weight is 1080 g/mol. The lowest BCUT2D eigenvalue weighted by molar-refractivity contribution is 1.29. The molecule has 0 N–H and O–H groups in total. The van der Waals surface area contributed by atoms with Gasteiger partial charge in [-0.25, -0.2) is 0 Å². The number of anilines is 6. The summed E-state index contributed by atoms with van der Waals surface area (Å²) >= 11 is 0. The van der Waals surface area contributed by atoms with Gasteiger partial charge in [-0.3, -0.25) is 0 Å². The molecule has 0 radical (unpaired) electrons. The molecule has 14 aromatic carbocycles. The van der Waals surface area contributed by atoms with E-state index < -0.39 is 0 Å². The van der Waals surface area contributed by atoms with Gasteiger partial charge in [-0.2, -0.15) is 0 Å². The van der Waals surface area contributed by atoms with E-state index in [4.69, 9.17) is 0 Å². The Morgan fingerprint density at radius 3 is 0.845 bits per heavy atom. The quantitative estimate of drug-likeness (QED) is 0.0889. The van der Waals surface area contributed by atoms with E-state index in [1.807, 2.05) is 0 Å². The summed E-state index contributed by atoms with van der Waals surface area (Å²) in [5.74, 6) is 0. The second-order valence-electron chi connectivity index (χ2n) is 22.3. The fourth-order valence-electron chi connectivity index (χ4n) is 12.4. The molecular weight excluding hydrogens is 1010 g/mol. The van der Waals surface area contributed by atoms with Crippen LogP contribution < -0.4 is 9.80 Å². The molecule has 2 heteroatoms. The predicted molar refractivity (Wildman–Crippen MR) is 364 cm³/mol. The summed E-state index contributed by atoms with van der Waals surface area (Å²) in [4.78, 5) is 4.88. The van der Waals surface area contributed by atoms with Crippen LogP contribution in [0.1, 0.15) is 44.5 Å². The van der Waals surface area contributed by atoms with Crippen molar-refractivity contribution in [3.63, 3.8) is 0 Å². The van der Waals surface area contributed by atoms with Crippen LogP contribution in [0.2, 0.25) is 0 Å². The molecular formula is C82H62N2. The highest BCUT2D eigenvalue weighted by molar-refractivity contribution is 6.31. The number of hydrogen-bond acceptors (Lipinski definition) is 2. The Morgan fingerprint density at radius 2 is 0.476 bits per heavy atom. The van der Waals surface area contributed by atoms with Crippen LogP contribution in [-0.4, -0.2) is 0 Å². The summed E-state index contributed by atoms with van der Waals surface area (Å²) < 4.78 is 0. The Balaban J connectivity index is 0.942. The number of aryl methyl sites for hydroxylation is 4. The second-order valence-corrected chi connectivity index (χ2v) is 22.3. The Bertz CT molecular complexity index is 4700. The zero-order chi connectivity index (χ0) is 56.7. The predicted octanol–water partition coefficient (Wildman–Crippen LogP) is 23.3. The van der Waals surface area contributed by atoms with Gasteiger partial charge in [-0.15, -0.1) is 0 Å². The normalized spacial score (nSPS) is 11.7. The van der Waals surface area contributed by atoms with Crippen molar-refractivity contribution in [3.8, 4) is 22.3 Å². The molecule has 0 aromatic heterocycles. The molecule has 0 amide bonds. The highest BCUT2D eigenvalue weighted by Gasteiger charge is 2.26. The van der Waals surface area contributed by atoms with E-state index in [0.29, 0.717) is 0 Å². The van der Waals surface area contributed by atoms with Crippen molar-refractivity contribution in [2.75, 3.05) is 9.80 Å². The summed E-state index contributed by atoms with van der Waals surface area (Å²) in [7, 11) is 0. The second kappa shape index (κ2) is 22.1. The summed E-state index contributed by atoms with van der Waals surface area (Å²) in [6.07, 6.45) is 8.78. The molecule has 0 saturated carbocycles. The molecule has 0 unspecified atom stereocenters. The number of fused-ring (bicyclic) bond motifs is 5. The molecule has 0 aliphatic heterocycles. The lowest BCUT2D eigenvalue weighted by Gasteiger charge is -2.30. The third kappa shape index (κ3) is 9.68. The number of rotatable bonds is 12. The zero-order valence-electron chi connectivity index (χ0n) is 47.8. The van der Waals surface area contributed by atoms with Crippen molar-refractivity contribution >= 4 is 112 Å². The van der Waals surface area contributed by atoms with Crippen molar-refractivity contribution in [2.24, 2.45) is 0 Å². The van der Waals surface area contributed by atoms with Gasteiger partial charge in [0, 0.05) is 38.9 Å². The fraction of sp³-hybridized carbons (Fsp3) is 0.0488. The third-order valence-corrected chi connectivity index (χ3v) is 16.7. The number of hydrogen-bond donors (Lipinski definition) is 0. The SMILES string of the molecule is Cc1ccc(/C=C/c2ccc(N(c3ccc(C)cc3)c3ccc(-c4c5ccccc5c(-c5c6ccccc6c(N(c6ccc(C)cc6)c6ccc(/C=C/c7ccc(C)cc7)cc6)c6ccccc56)c5ccccc45)c4ccccc34)cc2)cc1. The van der Waals surface area contributed by atoms with Crippen molar-refractivity contribution in [2.45, 2.75) is 27.7 Å². The topological polar surface area (TPSA) is 6.48 Å². The van der Waals surface area contributed by atoms with Gasteiger partial charge in [0.15, 0.2) is 0 Å². The van der Waals surface area contributed by atoms with Gasteiger partial charge >= 0.3 is 0 Å². The highest BCUT2D eigenvalue weighted by atomic mass is 15.1. The Morgan fingerprint density at radius 1 is 0.214 bits per heavy atom. The van der Waals surface area contributed by atoms with E-state index in [1.165, 1.54) is 109 Å². The van der Waals surface area contributed by atoms with E-state index in [1.54, 1.807) is 0 Å². The molecule has 0 bridgehead atoms. The van der Waals surface area contributed by atoms with Gasteiger partial charge in [-0.05, 0) is 165 Å². The maximum Gasteiger partial charge on any atom is 0.0618 e. The van der Waals surface area contributed by atoms with E-state index in [2.05, 4.69) is 341 Å². The van der Waals surface area contributed by atoms with Crippen molar-refractivity contribution in [3.05, 3.63) is 324 Å². The van der Waals surface area contributed by atoms with Crippen LogP contribution in [0.3, 0.4) is 0 Å². The molecule has 2 nitrogen and oxygen atoms in total. The number of nitrogens with zero attached hydrogens (tertiary/aromatic N) is 2. The third-order valence-electron chi connectivity index (χ3n) is 16.7. The Hall–Kier alpha value is -10.5. The van der Waals surface area contributed by atoms with Crippen LogP contribution in [-0.2, 0) is 0 Å². The van der Waals surface area contributed by atoms with E-state index >= 15 is 0 Å². The van der Waals surface area contributed by atoms with Gasteiger partial charge in [0.1, 0.15) is 0 Å². The highest BCUT2D eigenvalue weighted by Crippen LogP contribution is 2.53. The molecule has 0 fully saturated rings. The zero-order valence-corrected chi connectivity index (χ0v) is 47.8. The van der Waals surface area contributed by atoms with E-state index in [9.17, 15) is 0 Å². The lowest BCUT2D eigenvalue weighted by Crippen LogP contribution is -2.11. The summed E-state index contributed by atoms with van der Waals surface area (Å²) in [5, 5.41) is 12.0. The first-order valence-corrected chi connectivity index (χ1v) is 29.1. The molecule has 14 aromatic rings. The average Bonchev–Trinajstić information content (AvgIpc) is 1.02. The standard InChI is InChI=1S/C82H62N2/c1-55-25-33-59(34-26-55)37-39-61-41-49-64(50-42-61)83(63-45-29-57(3)30-46-63)78-54-53-75(67-15-5-6-16-68(67)78)79-69-17-7-9-19-71(69)80(72-20-10-8-18-70(72)79)81-73-21-11-13-23-76(73)82(77-24-14-12-22-74(77)81)84(65-47-31-58(4)32-48-65)66-51-43-62(44-52-66)40-38-60-35-27-56(2)28-36-60/h5-54H,1-4H3/b39-37+,40-38+. The summed E-state index contributed by atoms with van der Waals surface area (Å²) in [6.45, 7) is 8.57. The summed E-state index contributed by atoms with van der Waals surface area (Å²) in [5.41, 5.74) is 21.2. The molecule has 0 aliphatic rings. The molecule has 84 heavy (non-hydrogen) atoms. The smallest absolute Gasteiger partial charge is 0.0618 e. The molecule has 0 aliphatic carbocycles. The molecule has 0 spiro atoms. The summed E-state index contributed by atoms with van der Waals surface area (Å²) in [6, 6.07) is 103. The van der Waals surface area contributed by atoms with Gasteiger partial charge in [0.25, 0.3) is 0 Å². The first-order valence-electron chi connectivity index (χ1n) is 29.1. The first kappa shape index (κ1) is 51.6. The van der Waals surface area contributed by atoms with Crippen LogP contribution >= 0.6 is 0 Å². The first-order chi connectivity index (χ1) is 41.3. The number of benzene rings is 14. The van der Waals surface area contributed by atoms with E-state index in [0.717, 1.165) is 45.3 Å². The van der Waals surface area contributed by atoms with Gasteiger partial charge < -0.3 is 9.80 Å². The van der Waals surface area contributed by atoms with Crippen LogP contribution in [0.25, 0.3) is 100 Å². The van der Waals surface area contributed by atoms with Crippen LogP contribution in [0.4, 0.5) is 34.1 Å². The fourth-order valence-corrected chi connectivity index (χ4v) is 12.4. The maximum absolute atomic E-state index is 2.47. The Kier molecular flexibility index (Phi) is 13.6. The lowest BCUT2D eigenvalue weighted by atomic mass is 9.81. The van der Waals surface area contributed by atoms with Gasteiger partial charge in [0.05, 0.1) is 11.4 Å². The van der Waals surface area contributed by atoms with Crippen LogP contribution in [0.5, 0.6) is 0 Å². The minimum atomic E-state index is 1.09. The minimum Gasteiger partial charge on any atom is -0.310 e. The molecule has 0 saturated heterocycles. The van der Waals surface area contributed by atoms with E-state index in [-0.39, 0.29) is 0 Å². The minimum absolute atomic E-state index is 1.09. The van der Waals surface area contributed by atoms with Gasteiger partial charge in [0.2, 0.25) is 0 Å². The van der Waals surface area contributed by atoms with Gasteiger partial charge in [-0.1, -0.05) is 271 Å². The monoisotopic (exact) mass is 1070 g/mol. The Labute approximate surface area is 492 Å². The molecule has 0 atom stereocenters. The maximum atomic E-state index is 2.47. The van der Waals surface area contributed by atoms with Crippen molar-refractivity contribution in [1.82, 2.24) is 0 Å². The largest absolute Gasteiger partial charge is 0.310 e. The molecule has 400 valence electrons. The van der Waals surface area contributed by atoms with Crippen LogP contribution in [0, 0.1) is 27.7 Å². The molecule has 0 heterocycles. The van der Waals surface area contributed by atoms with Crippen molar-refractivity contribution < 1.29 is 0 Å². The van der Waals surface area contributed by atoms with Crippen LogP contribution in [0.15, 0.2) is 279 Å². The molecule has 14 rings (SSSR count). The van der Waals surface area contributed by atoms with Crippen molar-refractivity contribution in [1.29, 1.82) is 0 Å².